The fourth-order valence-electron chi connectivity index (χ4n) is 1.73. The molecule has 2 N–H and O–H groups in total. The van der Waals surface area contributed by atoms with Crippen molar-refractivity contribution < 1.29 is 8.78 Å². The van der Waals surface area contributed by atoms with Crippen LogP contribution in [0.1, 0.15) is 17.3 Å². The topological polar surface area (TPSA) is 38.9 Å². The average molecular weight is 313 g/mol. The van der Waals surface area contributed by atoms with Crippen LogP contribution in [0.5, 0.6) is 0 Å². The standard InChI is InChI=1S/C13H11BrF2N2/c14-9-4-5-10(15)12(13(9)16)11(17)7-8-3-1-2-6-18-8/h1-6,11H,7,17H2. The summed E-state index contributed by atoms with van der Waals surface area (Å²) in [6.45, 7) is 0. The first-order chi connectivity index (χ1) is 8.59. The second kappa shape index (κ2) is 5.54. The smallest absolute Gasteiger partial charge is 0.145 e. The third-order valence-electron chi connectivity index (χ3n) is 2.61. The predicted molar refractivity (Wildman–Crippen MR) is 68.9 cm³/mol. The molecule has 0 spiro atoms. The summed E-state index contributed by atoms with van der Waals surface area (Å²) in [6.07, 6.45) is 1.90. The van der Waals surface area contributed by atoms with Gasteiger partial charge >= 0.3 is 0 Å². The molecule has 0 amide bonds. The number of halogens is 3. The van der Waals surface area contributed by atoms with Gasteiger partial charge in [-0.05, 0) is 40.2 Å². The maximum absolute atomic E-state index is 13.8. The Morgan fingerprint density at radius 2 is 2.00 bits per heavy atom. The molecule has 94 valence electrons. The van der Waals surface area contributed by atoms with Crippen molar-refractivity contribution in [3.8, 4) is 0 Å². The SMILES string of the molecule is NC(Cc1ccccn1)c1c(F)ccc(Br)c1F. The summed E-state index contributed by atoms with van der Waals surface area (Å²) >= 11 is 3.02. The lowest BCUT2D eigenvalue weighted by Crippen LogP contribution is -2.17. The van der Waals surface area contributed by atoms with Crippen molar-refractivity contribution in [1.82, 2.24) is 4.98 Å². The number of hydrogen-bond acceptors (Lipinski definition) is 2. The van der Waals surface area contributed by atoms with Gasteiger partial charge in [0.2, 0.25) is 0 Å². The molecule has 0 aliphatic rings. The summed E-state index contributed by atoms with van der Waals surface area (Å²) < 4.78 is 27.7. The van der Waals surface area contributed by atoms with E-state index in [1.54, 1.807) is 18.3 Å². The van der Waals surface area contributed by atoms with E-state index in [9.17, 15) is 8.78 Å². The largest absolute Gasteiger partial charge is 0.323 e. The van der Waals surface area contributed by atoms with E-state index in [1.165, 1.54) is 12.1 Å². The van der Waals surface area contributed by atoms with Crippen LogP contribution in [-0.4, -0.2) is 4.98 Å². The van der Waals surface area contributed by atoms with E-state index >= 15 is 0 Å². The van der Waals surface area contributed by atoms with Crippen molar-refractivity contribution in [2.45, 2.75) is 12.5 Å². The number of hydrogen-bond donors (Lipinski definition) is 1. The van der Waals surface area contributed by atoms with Crippen LogP contribution in [0.3, 0.4) is 0 Å². The van der Waals surface area contributed by atoms with Crippen molar-refractivity contribution in [2.75, 3.05) is 0 Å². The Kier molecular flexibility index (Phi) is 4.04. The second-order valence-corrected chi connectivity index (χ2v) is 4.74. The van der Waals surface area contributed by atoms with Crippen molar-refractivity contribution in [2.24, 2.45) is 5.73 Å². The zero-order valence-electron chi connectivity index (χ0n) is 9.41. The van der Waals surface area contributed by atoms with Crippen LogP contribution in [0.15, 0.2) is 41.0 Å². The molecule has 0 saturated carbocycles. The molecule has 1 aromatic heterocycles. The molecule has 0 bridgehead atoms. The molecule has 5 heteroatoms. The Hall–Kier alpha value is -1.33. The van der Waals surface area contributed by atoms with Crippen LogP contribution >= 0.6 is 15.9 Å². The van der Waals surface area contributed by atoms with Crippen LogP contribution in [0, 0.1) is 11.6 Å². The number of benzene rings is 1. The van der Waals surface area contributed by atoms with E-state index in [2.05, 4.69) is 20.9 Å². The normalized spacial score (nSPS) is 12.4. The number of aromatic nitrogens is 1. The molecule has 2 aromatic rings. The van der Waals surface area contributed by atoms with Crippen molar-refractivity contribution >= 4 is 15.9 Å². The molecule has 0 aliphatic heterocycles. The summed E-state index contributed by atoms with van der Waals surface area (Å²) in [5, 5.41) is 0. The molecule has 18 heavy (non-hydrogen) atoms. The summed E-state index contributed by atoms with van der Waals surface area (Å²) in [5.74, 6) is -1.29. The molecular weight excluding hydrogens is 302 g/mol. The number of nitrogens with two attached hydrogens (primary N) is 1. The van der Waals surface area contributed by atoms with Gasteiger partial charge in [-0.1, -0.05) is 6.07 Å². The summed E-state index contributed by atoms with van der Waals surface area (Å²) in [6, 6.07) is 7.10. The first-order valence-corrected chi connectivity index (χ1v) is 6.17. The lowest BCUT2D eigenvalue weighted by molar-refractivity contribution is 0.519. The van der Waals surface area contributed by atoms with E-state index in [4.69, 9.17) is 5.73 Å². The van der Waals surface area contributed by atoms with Crippen molar-refractivity contribution in [3.05, 3.63) is 63.9 Å². The number of nitrogens with zero attached hydrogens (tertiary/aromatic N) is 1. The van der Waals surface area contributed by atoms with Crippen LogP contribution in [0.2, 0.25) is 0 Å². The van der Waals surface area contributed by atoms with Gasteiger partial charge in [0.05, 0.1) is 4.47 Å². The third kappa shape index (κ3) is 2.73. The average Bonchev–Trinajstić information content (AvgIpc) is 2.36. The van der Waals surface area contributed by atoms with E-state index in [0.717, 1.165) is 0 Å². The van der Waals surface area contributed by atoms with Gasteiger partial charge in [-0.3, -0.25) is 4.98 Å². The van der Waals surface area contributed by atoms with Gasteiger partial charge in [-0.15, -0.1) is 0 Å². The highest BCUT2D eigenvalue weighted by atomic mass is 79.9. The molecule has 1 aromatic carbocycles. The van der Waals surface area contributed by atoms with Crippen molar-refractivity contribution in [3.63, 3.8) is 0 Å². The van der Waals surface area contributed by atoms with Crippen LogP contribution < -0.4 is 5.73 Å². The fraction of sp³-hybridized carbons (Fsp3) is 0.154. The van der Waals surface area contributed by atoms with Crippen LogP contribution in [0.4, 0.5) is 8.78 Å². The molecular formula is C13H11BrF2N2. The first-order valence-electron chi connectivity index (χ1n) is 5.38. The van der Waals surface area contributed by atoms with Crippen LogP contribution in [0.25, 0.3) is 0 Å². The predicted octanol–water partition coefficient (Wildman–Crippen LogP) is 3.36. The number of rotatable bonds is 3. The van der Waals surface area contributed by atoms with Gasteiger partial charge in [-0.2, -0.15) is 0 Å². The molecule has 2 rings (SSSR count). The van der Waals surface area contributed by atoms with Gasteiger partial charge in [0.1, 0.15) is 11.6 Å². The number of pyridine rings is 1. The maximum atomic E-state index is 13.8. The lowest BCUT2D eigenvalue weighted by Gasteiger charge is -2.14. The van der Waals surface area contributed by atoms with E-state index in [-0.39, 0.29) is 16.5 Å². The van der Waals surface area contributed by atoms with Gasteiger partial charge < -0.3 is 5.73 Å². The van der Waals surface area contributed by atoms with Crippen molar-refractivity contribution in [1.29, 1.82) is 0 Å². The lowest BCUT2D eigenvalue weighted by atomic mass is 10.0. The summed E-state index contributed by atoms with van der Waals surface area (Å²) in [7, 11) is 0. The van der Waals surface area contributed by atoms with E-state index in [0.29, 0.717) is 5.69 Å². The van der Waals surface area contributed by atoms with Gasteiger partial charge in [0, 0.05) is 29.9 Å². The molecule has 0 saturated heterocycles. The van der Waals surface area contributed by atoms with Gasteiger partial charge in [0.25, 0.3) is 0 Å². The minimum absolute atomic E-state index is 0.116. The summed E-state index contributed by atoms with van der Waals surface area (Å²) in [5.41, 5.74) is 6.44. The Bertz CT molecular complexity index is 546. The zero-order chi connectivity index (χ0) is 13.1. The monoisotopic (exact) mass is 312 g/mol. The third-order valence-corrected chi connectivity index (χ3v) is 3.22. The van der Waals surface area contributed by atoms with E-state index < -0.39 is 17.7 Å². The van der Waals surface area contributed by atoms with Gasteiger partial charge in [-0.25, -0.2) is 8.78 Å². The quantitative estimate of drug-likeness (QED) is 0.883. The Morgan fingerprint density at radius 1 is 1.22 bits per heavy atom. The highest BCUT2D eigenvalue weighted by molar-refractivity contribution is 9.10. The maximum Gasteiger partial charge on any atom is 0.145 e. The Morgan fingerprint density at radius 3 is 2.67 bits per heavy atom. The second-order valence-electron chi connectivity index (χ2n) is 3.89. The highest BCUT2D eigenvalue weighted by Crippen LogP contribution is 2.27. The van der Waals surface area contributed by atoms with Gasteiger partial charge in [0.15, 0.2) is 0 Å². The minimum Gasteiger partial charge on any atom is -0.323 e. The van der Waals surface area contributed by atoms with Crippen LogP contribution in [-0.2, 0) is 6.42 Å². The Labute approximate surface area is 112 Å². The Balaban J connectivity index is 2.29. The molecule has 0 radical (unpaired) electrons. The highest BCUT2D eigenvalue weighted by Gasteiger charge is 2.19. The summed E-state index contributed by atoms with van der Waals surface area (Å²) in [4.78, 5) is 4.09. The minimum atomic E-state index is -0.766. The first kappa shape index (κ1) is 13.1. The molecule has 1 heterocycles. The van der Waals surface area contributed by atoms with E-state index in [1.807, 2.05) is 6.07 Å². The molecule has 2 nitrogen and oxygen atoms in total. The zero-order valence-corrected chi connectivity index (χ0v) is 11.0. The molecule has 1 unspecified atom stereocenters. The molecule has 0 fully saturated rings. The molecule has 0 aliphatic carbocycles. The fourth-order valence-corrected chi connectivity index (χ4v) is 2.07. The molecule has 1 atom stereocenters.